The first-order chi connectivity index (χ1) is 9.24. The van der Waals surface area contributed by atoms with Crippen molar-refractivity contribution in [1.82, 2.24) is 14.8 Å². The summed E-state index contributed by atoms with van der Waals surface area (Å²) in [5.41, 5.74) is 7.15. The highest BCUT2D eigenvalue weighted by molar-refractivity contribution is 5.21. The molecule has 1 aromatic rings. The third-order valence-electron chi connectivity index (χ3n) is 3.77. The number of ether oxygens (including phenoxy) is 1. The minimum atomic E-state index is 0.255. The molecule has 0 saturated carbocycles. The number of nitrogens with two attached hydrogens (primary N) is 1. The lowest BCUT2D eigenvalue weighted by Crippen LogP contribution is -2.36. The van der Waals surface area contributed by atoms with Crippen LogP contribution in [-0.2, 0) is 0 Å². The lowest BCUT2D eigenvalue weighted by atomic mass is 10.1. The molecule has 0 radical (unpaired) electrons. The van der Waals surface area contributed by atoms with Crippen molar-refractivity contribution < 1.29 is 4.74 Å². The van der Waals surface area contributed by atoms with Gasteiger partial charge in [0.25, 0.3) is 0 Å². The van der Waals surface area contributed by atoms with Crippen molar-refractivity contribution in [2.45, 2.75) is 12.5 Å². The van der Waals surface area contributed by atoms with Crippen LogP contribution in [0.25, 0.3) is 0 Å². The van der Waals surface area contributed by atoms with Gasteiger partial charge in [0.2, 0.25) is 5.88 Å². The minimum Gasteiger partial charge on any atom is -0.481 e. The van der Waals surface area contributed by atoms with Crippen molar-refractivity contribution in [2.75, 3.05) is 46.9 Å². The van der Waals surface area contributed by atoms with Gasteiger partial charge in [-0.1, -0.05) is 6.07 Å². The maximum atomic E-state index is 5.98. The lowest BCUT2D eigenvalue weighted by molar-refractivity contribution is 0.207. The number of pyridine rings is 1. The summed E-state index contributed by atoms with van der Waals surface area (Å²) in [5.74, 6) is 0.648. The van der Waals surface area contributed by atoms with Gasteiger partial charge in [-0.25, -0.2) is 4.98 Å². The Morgan fingerprint density at radius 1 is 1.32 bits per heavy atom. The average molecular weight is 264 g/mol. The summed E-state index contributed by atoms with van der Waals surface area (Å²) in [7, 11) is 3.81. The molecule has 0 aliphatic carbocycles. The summed E-state index contributed by atoms with van der Waals surface area (Å²) in [5, 5.41) is 0. The number of aromatic nitrogens is 1. The molecule has 0 amide bonds. The third kappa shape index (κ3) is 3.65. The van der Waals surface area contributed by atoms with Crippen molar-refractivity contribution in [3.05, 3.63) is 23.9 Å². The zero-order chi connectivity index (χ0) is 13.7. The maximum Gasteiger partial charge on any atom is 0.212 e. The Kier molecular flexibility index (Phi) is 5.13. The number of hydrogen-bond acceptors (Lipinski definition) is 5. The molecule has 2 heterocycles. The SMILES string of the molecule is COc1ccc(C(CN)N2CCCN(C)CC2)cn1. The average Bonchev–Trinajstić information content (AvgIpc) is 2.66. The van der Waals surface area contributed by atoms with Crippen LogP contribution >= 0.6 is 0 Å². The van der Waals surface area contributed by atoms with E-state index in [-0.39, 0.29) is 6.04 Å². The molecule has 1 aliphatic heterocycles. The molecule has 2 N–H and O–H groups in total. The number of methoxy groups -OCH3 is 1. The van der Waals surface area contributed by atoms with Crippen molar-refractivity contribution in [1.29, 1.82) is 0 Å². The van der Waals surface area contributed by atoms with E-state index >= 15 is 0 Å². The predicted octanol–water partition coefficient (Wildman–Crippen LogP) is 0.728. The van der Waals surface area contributed by atoms with E-state index in [1.54, 1.807) is 7.11 Å². The normalized spacial score (nSPS) is 19.9. The Bertz CT molecular complexity index is 382. The van der Waals surface area contributed by atoms with Gasteiger partial charge in [0.1, 0.15) is 0 Å². The van der Waals surface area contributed by atoms with Crippen LogP contribution in [0.1, 0.15) is 18.0 Å². The van der Waals surface area contributed by atoms with Crippen LogP contribution < -0.4 is 10.5 Å². The van der Waals surface area contributed by atoms with Gasteiger partial charge in [0.05, 0.1) is 7.11 Å². The van der Waals surface area contributed by atoms with Gasteiger partial charge < -0.3 is 15.4 Å². The summed E-state index contributed by atoms with van der Waals surface area (Å²) in [6, 6.07) is 4.23. The third-order valence-corrected chi connectivity index (χ3v) is 3.77. The molecular weight excluding hydrogens is 240 g/mol. The van der Waals surface area contributed by atoms with Crippen molar-refractivity contribution >= 4 is 0 Å². The maximum absolute atomic E-state index is 5.98. The topological polar surface area (TPSA) is 54.6 Å². The smallest absolute Gasteiger partial charge is 0.212 e. The summed E-state index contributed by atoms with van der Waals surface area (Å²) in [6.07, 6.45) is 3.07. The van der Waals surface area contributed by atoms with E-state index in [0.29, 0.717) is 12.4 Å². The summed E-state index contributed by atoms with van der Waals surface area (Å²) in [6.45, 7) is 5.04. The monoisotopic (exact) mass is 264 g/mol. The van der Waals surface area contributed by atoms with Gasteiger partial charge in [-0.05, 0) is 25.6 Å². The Labute approximate surface area is 115 Å². The Morgan fingerprint density at radius 3 is 2.79 bits per heavy atom. The highest BCUT2D eigenvalue weighted by atomic mass is 16.5. The second-order valence-corrected chi connectivity index (χ2v) is 5.08. The summed E-state index contributed by atoms with van der Waals surface area (Å²) >= 11 is 0. The Hall–Kier alpha value is -1.17. The molecular formula is C14H24N4O. The second-order valence-electron chi connectivity index (χ2n) is 5.08. The molecule has 1 saturated heterocycles. The summed E-state index contributed by atoms with van der Waals surface area (Å²) in [4.78, 5) is 9.12. The van der Waals surface area contributed by atoms with Crippen molar-refractivity contribution in [3.8, 4) is 5.88 Å². The second kappa shape index (κ2) is 6.84. The first-order valence-electron chi connectivity index (χ1n) is 6.87. The molecule has 106 valence electrons. The van der Waals surface area contributed by atoms with E-state index in [2.05, 4.69) is 27.9 Å². The number of rotatable bonds is 4. The van der Waals surface area contributed by atoms with Gasteiger partial charge in [-0.15, -0.1) is 0 Å². The Morgan fingerprint density at radius 2 is 2.16 bits per heavy atom. The number of likely N-dealkylation sites (N-methyl/N-ethyl adjacent to an activating group) is 1. The standard InChI is InChI=1S/C14H24N4O/c1-17-6-3-7-18(9-8-17)13(10-15)12-4-5-14(19-2)16-11-12/h4-5,11,13H,3,6-10,15H2,1-2H3. The van der Waals surface area contributed by atoms with Gasteiger partial charge >= 0.3 is 0 Å². The highest BCUT2D eigenvalue weighted by Gasteiger charge is 2.21. The molecule has 1 aromatic heterocycles. The van der Waals surface area contributed by atoms with Crippen LogP contribution in [0.4, 0.5) is 0 Å². The van der Waals surface area contributed by atoms with Crippen LogP contribution in [0.2, 0.25) is 0 Å². The zero-order valence-corrected chi connectivity index (χ0v) is 11.9. The molecule has 1 unspecified atom stereocenters. The van der Waals surface area contributed by atoms with Gasteiger partial charge in [-0.3, -0.25) is 4.90 Å². The zero-order valence-electron chi connectivity index (χ0n) is 11.9. The number of nitrogens with zero attached hydrogens (tertiary/aromatic N) is 3. The van der Waals surface area contributed by atoms with E-state index in [1.165, 1.54) is 12.0 Å². The van der Waals surface area contributed by atoms with E-state index in [0.717, 1.165) is 26.2 Å². The van der Waals surface area contributed by atoms with Crippen LogP contribution in [0.5, 0.6) is 5.88 Å². The van der Waals surface area contributed by atoms with E-state index in [4.69, 9.17) is 10.5 Å². The fourth-order valence-corrected chi connectivity index (χ4v) is 2.58. The molecule has 5 nitrogen and oxygen atoms in total. The van der Waals surface area contributed by atoms with Gasteiger partial charge in [0.15, 0.2) is 0 Å². The van der Waals surface area contributed by atoms with Gasteiger partial charge in [-0.2, -0.15) is 0 Å². The molecule has 2 rings (SSSR count). The molecule has 0 bridgehead atoms. The number of hydrogen-bond donors (Lipinski definition) is 1. The van der Waals surface area contributed by atoms with Crippen molar-refractivity contribution in [2.24, 2.45) is 5.73 Å². The molecule has 0 aromatic carbocycles. The van der Waals surface area contributed by atoms with Crippen LogP contribution in [0.15, 0.2) is 18.3 Å². The molecule has 1 atom stereocenters. The lowest BCUT2D eigenvalue weighted by Gasteiger charge is -2.29. The first kappa shape index (κ1) is 14.2. The predicted molar refractivity (Wildman–Crippen MR) is 76.3 cm³/mol. The molecule has 19 heavy (non-hydrogen) atoms. The van der Waals surface area contributed by atoms with Crippen LogP contribution in [0.3, 0.4) is 0 Å². The highest BCUT2D eigenvalue weighted by Crippen LogP contribution is 2.21. The molecule has 0 spiro atoms. The molecule has 1 aliphatic rings. The van der Waals surface area contributed by atoms with Crippen LogP contribution in [0, 0.1) is 0 Å². The first-order valence-corrected chi connectivity index (χ1v) is 6.87. The fraction of sp³-hybridized carbons (Fsp3) is 0.643. The quantitative estimate of drug-likeness (QED) is 0.869. The molecule has 5 heteroatoms. The van der Waals surface area contributed by atoms with E-state index in [1.807, 2.05) is 12.3 Å². The molecule has 1 fully saturated rings. The van der Waals surface area contributed by atoms with Crippen molar-refractivity contribution in [3.63, 3.8) is 0 Å². The van der Waals surface area contributed by atoms with Crippen LogP contribution in [-0.4, -0.2) is 61.7 Å². The minimum absolute atomic E-state index is 0.255. The van der Waals surface area contributed by atoms with Gasteiger partial charge in [0, 0.05) is 44.5 Å². The largest absolute Gasteiger partial charge is 0.481 e. The fourth-order valence-electron chi connectivity index (χ4n) is 2.58. The summed E-state index contributed by atoms with van der Waals surface area (Å²) < 4.78 is 5.10. The van der Waals surface area contributed by atoms with E-state index in [9.17, 15) is 0 Å². The Balaban J connectivity index is 2.09. The van der Waals surface area contributed by atoms with E-state index < -0.39 is 0 Å².